The second kappa shape index (κ2) is 9.66. The number of benzene rings is 2. The van der Waals surface area contributed by atoms with E-state index >= 15 is 0 Å². The number of nitrogens with one attached hydrogen (secondary N) is 2. The standard InChI is InChI=1S/C22H18N4O10/c27-21(28)11-5-15(25(31)32)19-17(7-11)35-9-13(23-19)3-1-2-4-14-10-36-18-8-12(22(29)30)6-16(26(33)34)20(18)24-14/h5-8,13-14,23-24H,3-4,9-10H2,(H,27,28)(H,29,30). The molecule has 0 amide bonds. The van der Waals surface area contributed by atoms with Crippen LogP contribution in [-0.2, 0) is 0 Å². The molecule has 0 aromatic heterocycles. The maximum absolute atomic E-state index is 11.4. The Balaban J connectivity index is 1.41. The van der Waals surface area contributed by atoms with Crippen LogP contribution in [0.3, 0.4) is 0 Å². The number of carbonyl (C=O) groups is 2. The molecule has 2 unspecified atom stereocenters. The van der Waals surface area contributed by atoms with Crippen molar-refractivity contribution < 1.29 is 39.1 Å². The fourth-order valence-electron chi connectivity index (χ4n) is 3.74. The molecular formula is C22H18N4O10. The number of nitrogens with zero attached hydrogens (tertiary/aromatic N) is 2. The number of nitro benzene ring substituents is 2. The van der Waals surface area contributed by atoms with Gasteiger partial charge in [0.05, 0.1) is 33.1 Å². The first-order chi connectivity index (χ1) is 17.1. The van der Waals surface area contributed by atoms with Crippen LogP contribution in [-0.4, -0.2) is 57.3 Å². The number of ether oxygens (including phenoxy) is 2. The molecule has 2 aliphatic rings. The minimum absolute atomic E-state index is 0.0701. The average molecular weight is 498 g/mol. The van der Waals surface area contributed by atoms with Gasteiger partial charge in [0.15, 0.2) is 11.4 Å². The number of rotatable bonds is 6. The van der Waals surface area contributed by atoms with Crippen LogP contribution in [0.5, 0.6) is 11.5 Å². The second-order valence-electron chi connectivity index (χ2n) is 7.93. The molecule has 186 valence electrons. The second-order valence-corrected chi connectivity index (χ2v) is 7.93. The topological polar surface area (TPSA) is 203 Å². The van der Waals surface area contributed by atoms with Crippen LogP contribution in [0.15, 0.2) is 24.3 Å². The highest BCUT2D eigenvalue weighted by atomic mass is 16.6. The third-order valence-corrected chi connectivity index (χ3v) is 5.45. The summed E-state index contributed by atoms with van der Waals surface area (Å²) in [4.78, 5) is 43.8. The molecule has 14 nitrogen and oxygen atoms in total. The Labute approximate surface area is 202 Å². The smallest absolute Gasteiger partial charge is 0.336 e. The molecule has 0 bridgehead atoms. The Morgan fingerprint density at radius 3 is 1.56 bits per heavy atom. The lowest BCUT2D eigenvalue weighted by Gasteiger charge is -2.26. The van der Waals surface area contributed by atoms with E-state index in [9.17, 15) is 29.8 Å². The van der Waals surface area contributed by atoms with E-state index < -0.39 is 45.2 Å². The first-order valence-electron chi connectivity index (χ1n) is 10.5. The van der Waals surface area contributed by atoms with Crippen molar-refractivity contribution in [3.05, 3.63) is 55.6 Å². The van der Waals surface area contributed by atoms with Crippen molar-refractivity contribution in [1.82, 2.24) is 0 Å². The molecule has 4 rings (SSSR count). The normalized spacial score (nSPS) is 17.3. The lowest BCUT2D eigenvalue weighted by Crippen LogP contribution is -2.32. The zero-order chi connectivity index (χ0) is 26.0. The average Bonchev–Trinajstić information content (AvgIpc) is 2.84. The van der Waals surface area contributed by atoms with Gasteiger partial charge in [0.1, 0.15) is 24.7 Å². The molecular weight excluding hydrogens is 480 g/mol. The van der Waals surface area contributed by atoms with Gasteiger partial charge in [-0.05, 0) is 12.1 Å². The molecule has 0 saturated carbocycles. The highest BCUT2D eigenvalue weighted by Gasteiger charge is 2.30. The van der Waals surface area contributed by atoms with E-state index in [0.29, 0.717) is 0 Å². The molecule has 2 aliphatic heterocycles. The Morgan fingerprint density at radius 1 is 0.833 bits per heavy atom. The predicted molar refractivity (Wildman–Crippen MR) is 123 cm³/mol. The van der Waals surface area contributed by atoms with Crippen LogP contribution in [0.1, 0.15) is 33.6 Å². The highest BCUT2D eigenvalue weighted by molar-refractivity contribution is 5.92. The monoisotopic (exact) mass is 498 g/mol. The summed E-state index contributed by atoms with van der Waals surface area (Å²) in [6, 6.07) is 3.54. The van der Waals surface area contributed by atoms with Gasteiger partial charge in [0.2, 0.25) is 0 Å². The van der Waals surface area contributed by atoms with Gasteiger partial charge in [0, 0.05) is 25.0 Å². The number of nitro groups is 2. The molecule has 2 atom stereocenters. The maximum atomic E-state index is 11.4. The summed E-state index contributed by atoms with van der Waals surface area (Å²) in [7, 11) is 0. The Hall–Kier alpha value is -5.06. The van der Waals surface area contributed by atoms with Crippen molar-refractivity contribution in [2.24, 2.45) is 0 Å². The number of hydrogen-bond donors (Lipinski definition) is 4. The SMILES string of the molecule is O=C(O)c1cc2c(c([N+](=O)[O-])c1)NC(CC#CCC1COc3cc(C(=O)O)cc([N+](=O)[O-])c3N1)CO2. The number of hydrogen-bond acceptors (Lipinski definition) is 10. The molecule has 14 heteroatoms. The first-order valence-corrected chi connectivity index (χ1v) is 10.5. The van der Waals surface area contributed by atoms with Gasteiger partial charge in [-0.1, -0.05) is 0 Å². The summed E-state index contributed by atoms with van der Waals surface area (Å²) >= 11 is 0. The molecule has 2 heterocycles. The van der Waals surface area contributed by atoms with E-state index in [2.05, 4.69) is 22.5 Å². The van der Waals surface area contributed by atoms with E-state index in [1.165, 1.54) is 12.1 Å². The summed E-state index contributed by atoms with van der Waals surface area (Å²) in [5, 5.41) is 47.0. The van der Waals surface area contributed by atoms with E-state index in [1.807, 2.05) is 0 Å². The maximum Gasteiger partial charge on any atom is 0.336 e. The van der Waals surface area contributed by atoms with Crippen LogP contribution in [0.2, 0.25) is 0 Å². The summed E-state index contributed by atoms with van der Waals surface area (Å²) in [6.07, 6.45) is 0.507. The molecule has 2 aromatic rings. The van der Waals surface area contributed by atoms with Crippen LogP contribution >= 0.6 is 0 Å². The summed E-state index contributed by atoms with van der Waals surface area (Å²) < 4.78 is 11.1. The Kier molecular flexibility index (Phi) is 6.46. The molecule has 0 saturated heterocycles. The largest absolute Gasteiger partial charge is 0.489 e. The van der Waals surface area contributed by atoms with E-state index in [-0.39, 0.29) is 60.1 Å². The van der Waals surface area contributed by atoms with Crippen LogP contribution in [0.25, 0.3) is 0 Å². The molecule has 0 aliphatic carbocycles. The predicted octanol–water partition coefficient (Wildman–Crippen LogP) is 2.73. The Bertz CT molecular complexity index is 1250. The summed E-state index contributed by atoms with van der Waals surface area (Å²) in [6.45, 7) is 0.219. The Morgan fingerprint density at radius 2 is 1.22 bits per heavy atom. The first kappa shape index (κ1) is 24.1. The van der Waals surface area contributed by atoms with Crippen molar-refractivity contribution in [1.29, 1.82) is 0 Å². The van der Waals surface area contributed by atoms with Gasteiger partial charge in [-0.2, -0.15) is 0 Å². The number of carboxylic acids is 2. The minimum Gasteiger partial charge on any atom is -0.489 e. The summed E-state index contributed by atoms with van der Waals surface area (Å²) in [5.41, 5.74) is -1.20. The lowest BCUT2D eigenvalue weighted by atomic mass is 10.1. The number of aromatic carboxylic acids is 2. The zero-order valence-corrected chi connectivity index (χ0v) is 18.3. The van der Waals surface area contributed by atoms with Gasteiger partial charge in [-0.25, -0.2) is 9.59 Å². The number of fused-ring (bicyclic) bond motifs is 2. The van der Waals surface area contributed by atoms with E-state index in [4.69, 9.17) is 19.7 Å². The molecule has 0 fully saturated rings. The van der Waals surface area contributed by atoms with Crippen molar-refractivity contribution in [2.45, 2.75) is 24.9 Å². The molecule has 36 heavy (non-hydrogen) atoms. The summed E-state index contributed by atoms with van der Waals surface area (Å²) in [5.74, 6) is 3.38. The van der Waals surface area contributed by atoms with Crippen molar-refractivity contribution >= 4 is 34.7 Å². The molecule has 0 radical (unpaired) electrons. The molecule has 2 aromatic carbocycles. The van der Waals surface area contributed by atoms with Gasteiger partial charge < -0.3 is 30.3 Å². The number of anilines is 2. The van der Waals surface area contributed by atoms with Gasteiger partial charge in [-0.15, -0.1) is 11.8 Å². The van der Waals surface area contributed by atoms with Crippen molar-refractivity contribution in [3.63, 3.8) is 0 Å². The quantitative estimate of drug-likeness (QED) is 0.258. The number of carboxylic acid groups (broad SMARTS) is 2. The highest BCUT2D eigenvalue weighted by Crippen LogP contribution is 2.40. The molecule has 0 spiro atoms. The third-order valence-electron chi connectivity index (χ3n) is 5.45. The van der Waals surface area contributed by atoms with Gasteiger partial charge in [-0.3, -0.25) is 20.2 Å². The fourth-order valence-corrected chi connectivity index (χ4v) is 3.74. The van der Waals surface area contributed by atoms with Crippen LogP contribution in [0, 0.1) is 32.1 Å². The van der Waals surface area contributed by atoms with E-state index in [0.717, 1.165) is 12.1 Å². The van der Waals surface area contributed by atoms with Gasteiger partial charge in [0.25, 0.3) is 11.4 Å². The van der Waals surface area contributed by atoms with Gasteiger partial charge >= 0.3 is 11.9 Å². The minimum atomic E-state index is -1.31. The lowest BCUT2D eigenvalue weighted by molar-refractivity contribution is -0.384. The zero-order valence-electron chi connectivity index (χ0n) is 18.3. The van der Waals surface area contributed by atoms with Crippen molar-refractivity contribution in [3.8, 4) is 23.3 Å². The van der Waals surface area contributed by atoms with Crippen LogP contribution in [0.4, 0.5) is 22.7 Å². The van der Waals surface area contributed by atoms with Crippen LogP contribution < -0.4 is 20.1 Å². The van der Waals surface area contributed by atoms with E-state index in [1.54, 1.807) is 0 Å². The molecule has 4 N–H and O–H groups in total. The fraction of sp³-hybridized carbons (Fsp3) is 0.273. The van der Waals surface area contributed by atoms with Crippen molar-refractivity contribution in [2.75, 3.05) is 23.8 Å². The third kappa shape index (κ3) is 4.89.